The predicted molar refractivity (Wildman–Crippen MR) is 95.9 cm³/mol. The van der Waals surface area contributed by atoms with Gasteiger partial charge in [-0.2, -0.15) is 5.10 Å². The first kappa shape index (κ1) is 16.8. The molecule has 2 heterocycles. The van der Waals surface area contributed by atoms with Crippen molar-refractivity contribution in [3.8, 4) is 0 Å². The molecule has 0 fully saturated rings. The van der Waals surface area contributed by atoms with Gasteiger partial charge in [-0.25, -0.2) is 18.1 Å². The Bertz CT molecular complexity index is 799. The molecule has 0 saturated carbocycles. The summed E-state index contributed by atoms with van der Waals surface area (Å²) in [7, 11) is -3.70. The Kier molecular flexibility index (Phi) is 4.25. The lowest BCUT2D eigenvalue weighted by Crippen LogP contribution is -2.42. The minimum Gasteiger partial charge on any atom is -0.384 e. The first-order chi connectivity index (χ1) is 11.3. The van der Waals surface area contributed by atoms with Crippen LogP contribution in [0.4, 0.5) is 5.69 Å². The molecule has 0 atom stereocenters. The van der Waals surface area contributed by atoms with Gasteiger partial charge in [0.15, 0.2) is 0 Å². The number of benzene rings is 1. The summed E-state index contributed by atoms with van der Waals surface area (Å²) >= 11 is 0. The van der Waals surface area contributed by atoms with Crippen LogP contribution in [0.3, 0.4) is 0 Å². The van der Waals surface area contributed by atoms with E-state index in [1.807, 2.05) is 33.1 Å². The van der Waals surface area contributed by atoms with Crippen LogP contribution < -0.4 is 10.0 Å². The van der Waals surface area contributed by atoms with Crippen LogP contribution in [0, 0.1) is 5.41 Å². The van der Waals surface area contributed by atoms with E-state index >= 15 is 0 Å². The van der Waals surface area contributed by atoms with Gasteiger partial charge in [0, 0.05) is 30.4 Å². The molecular formula is C16H23N5O2S. The van der Waals surface area contributed by atoms with Crippen LogP contribution in [0.5, 0.6) is 0 Å². The number of anilines is 1. The lowest BCUT2D eigenvalue weighted by atomic mass is 9.97. The molecule has 1 aromatic rings. The van der Waals surface area contributed by atoms with Crippen molar-refractivity contribution in [3.63, 3.8) is 0 Å². The Morgan fingerprint density at radius 2 is 2.25 bits per heavy atom. The monoisotopic (exact) mass is 349 g/mol. The second kappa shape index (κ2) is 6.08. The van der Waals surface area contributed by atoms with E-state index in [2.05, 4.69) is 20.1 Å². The van der Waals surface area contributed by atoms with Crippen molar-refractivity contribution in [1.29, 1.82) is 0 Å². The van der Waals surface area contributed by atoms with E-state index in [0.717, 1.165) is 24.2 Å². The standard InChI is InChI=1S/C16H23N5O2S/c1-4-17-15(21-11-16(2,3)10-19-21)20-24(22,23)13-5-6-14-12(9-13)7-8-18-14/h5-6,9-10,18H,4,7-8,11H2,1-3H3,(H,17,20). The maximum Gasteiger partial charge on any atom is 0.264 e. The molecule has 2 N–H and O–H groups in total. The van der Waals surface area contributed by atoms with Crippen LogP contribution >= 0.6 is 0 Å². The molecule has 0 spiro atoms. The number of aliphatic imine (C=N–C) groups is 1. The van der Waals surface area contributed by atoms with Gasteiger partial charge in [-0.15, -0.1) is 0 Å². The zero-order valence-corrected chi connectivity index (χ0v) is 15.0. The second-order valence-electron chi connectivity index (χ2n) is 6.69. The van der Waals surface area contributed by atoms with E-state index in [1.54, 1.807) is 17.1 Å². The van der Waals surface area contributed by atoms with Crippen LogP contribution in [0.15, 0.2) is 33.2 Å². The predicted octanol–water partition coefficient (Wildman–Crippen LogP) is 1.64. The van der Waals surface area contributed by atoms with Crippen molar-refractivity contribution in [1.82, 2.24) is 9.73 Å². The molecule has 0 radical (unpaired) electrons. The fraction of sp³-hybridized carbons (Fsp3) is 0.500. The molecule has 0 bridgehead atoms. The van der Waals surface area contributed by atoms with E-state index < -0.39 is 10.0 Å². The summed E-state index contributed by atoms with van der Waals surface area (Å²) in [6, 6.07) is 5.14. The first-order valence-electron chi connectivity index (χ1n) is 8.07. The summed E-state index contributed by atoms with van der Waals surface area (Å²) in [6.07, 6.45) is 2.65. The molecular weight excluding hydrogens is 326 g/mol. The van der Waals surface area contributed by atoms with E-state index in [-0.39, 0.29) is 16.3 Å². The van der Waals surface area contributed by atoms with Crippen molar-refractivity contribution in [2.24, 2.45) is 15.5 Å². The van der Waals surface area contributed by atoms with Crippen LogP contribution in [-0.2, 0) is 16.4 Å². The van der Waals surface area contributed by atoms with Gasteiger partial charge >= 0.3 is 0 Å². The third-order valence-electron chi connectivity index (χ3n) is 3.98. The number of fused-ring (bicyclic) bond motifs is 1. The lowest BCUT2D eigenvalue weighted by Gasteiger charge is -2.21. The first-order valence-corrected chi connectivity index (χ1v) is 9.56. The molecule has 8 heteroatoms. The highest BCUT2D eigenvalue weighted by Gasteiger charge is 2.30. The maximum atomic E-state index is 12.7. The summed E-state index contributed by atoms with van der Waals surface area (Å²) in [5.41, 5.74) is 1.91. The van der Waals surface area contributed by atoms with Crippen molar-refractivity contribution >= 4 is 27.9 Å². The van der Waals surface area contributed by atoms with Gasteiger partial charge in [-0.3, -0.25) is 4.99 Å². The van der Waals surface area contributed by atoms with Gasteiger partial charge in [-0.1, -0.05) is 13.8 Å². The topological polar surface area (TPSA) is 86.2 Å². The zero-order valence-electron chi connectivity index (χ0n) is 14.2. The zero-order chi connectivity index (χ0) is 17.4. The molecule has 0 aromatic heterocycles. The molecule has 7 nitrogen and oxygen atoms in total. The van der Waals surface area contributed by atoms with Gasteiger partial charge in [0.1, 0.15) is 0 Å². The van der Waals surface area contributed by atoms with Crippen molar-refractivity contribution in [2.45, 2.75) is 32.1 Å². The third-order valence-corrected chi connectivity index (χ3v) is 5.30. The molecule has 2 aliphatic rings. The number of guanidine groups is 1. The Labute approximate surface area is 142 Å². The third kappa shape index (κ3) is 3.38. The number of hydrogen-bond acceptors (Lipinski definition) is 5. The summed E-state index contributed by atoms with van der Waals surface area (Å²) in [4.78, 5) is 4.53. The number of nitrogens with zero attached hydrogens (tertiary/aromatic N) is 3. The van der Waals surface area contributed by atoms with Crippen LogP contribution in [0.1, 0.15) is 26.3 Å². The summed E-state index contributed by atoms with van der Waals surface area (Å²) < 4.78 is 28.1. The minimum absolute atomic E-state index is 0.112. The van der Waals surface area contributed by atoms with Crippen LogP contribution in [0.25, 0.3) is 0 Å². The minimum atomic E-state index is -3.70. The van der Waals surface area contributed by atoms with E-state index in [0.29, 0.717) is 13.1 Å². The number of sulfonamides is 1. The Morgan fingerprint density at radius 3 is 2.92 bits per heavy atom. The summed E-state index contributed by atoms with van der Waals surface area (Å²) in [5.74, 6) is 0.262. The van der Waals surface area contributed by atoms with Crippen LogP contribution in [0.2, 0.25) is 0 Å². The molecule has 0 amide bonds. The van der Waals surface area contributed by atoms with Crippen molar-refractivity contribution in [2.75, 3.05) is 25.0 Å². The highest BCUT2D eigenvalue weighted by molar-refractivity contribution is 7.90. The highest BCUT2D eigenvalue weighted by atomic mass is 32.2. The quantitative estimate of drug-likeness (QED) is 0.641. The van der Waals surface area contributed by atoms with E-state index in [4.69, 9.17) is 0 Å². The molecule has 2 aliphatic heterocycles. The largest absolute Gasteiger partial charge is 0.384 e. The fourth-order valence-electron chi connectivity index (χ4n) is 2.77. The van der Waals surface area contributed by atoms with Crippen molar-refractivity contribution < 1.29 is 8.42 Å². The number of nitrogens with one attached hydrogen (secondary N) is 2. The summed E-state index contributed by atoms with van der Waals surface area (Å²) in [6.45, 7) is 7.84. The average Bonchev–Trinajstić information content (AvgIpc) is 3.11. The maximum absolute atomic E-state index is 12.7. The molecule has 24 heavy (non-hydrogen) atoms. The van der Waals surface area contributed by atoms with Crippen molar-refractivity contribution in [3.05, 3.63) is 23.8 Å². The van der Waals surface area contributed by atoms with Gasteiger partial charge in [0.2, 0.25) is 5.96 Å². The molecule has 0 aliphatic carbocycles. The summed E-state index contributed by atoms with van der Waals surface area (Å²) in [5, 5.41) is 9.12. The Balaban J connectivity index is 1.84. The lowest BCUT2D eigenvalue weighted by molar-refractivity contribution is 0.379. The average molecular weight is 349 g/mol. The Hall–Kier alpha value is -2.09. The number of hydrazone groups is 1. The van der Waals surface area contributed by atoms with Gasteiger partial charge in [0.25, 0.3) is 10.0 Å². The fourth-order valence-corrected chi connectivity index (χ4v) is 3.84. The highest BCUT2D eigenvalue weighted by Crippen LogP contribution is 2.25. The van der Waals surface area contributed by atoms with Gasteiger partial charge in [-0.05, 0) is 37.1 Å². The normalized spacial score (nSPS) is 19.3. The molecule has 3 rings (SSSR count). The second-order valence-corrected chi connectivity index (χ2v) is 8.37. The molecule has 1 aromatic carbocycles. The SMILES string of the molecule is CCN=C(NS(=O)(=O)c1ccc2c(c1)CCN2)N1CC(C)(C)C=N1. The number of hydrogen-bond donors (Lipinski definition) is 2. The Morgan fingerprint density at radius 1 is 1.46 bits per heavy atom. The molecule has 0 saturated heterocycles. The number of rotatable bonds is 3. The molecule has 130 valence electrons. The van der Waals surface area contributed by atoms with Crippen LogP contribution in [-0.4, -0.2) is 45.2 Å². The molecule has 0 unspecified atom stereocenters. The van der Waals surface area contributed by atoms with Gasteiger partial charge < -0.3 is 5.32 Å². The van der Waals surface area contributed by atoms with E-state index in [1.165, 1.54) is 0 Å². The van der Waals surface area contributed by atoms with E-state index in [9.17, 15) is 8.42 Å². The smallest absolute Gasteiger partial charge is 0.264 e. The van der Waals surface area contributed by atoms with Gasteiger partial charge in [0.05, 0.1) is 11.4 Å².